The van der Waals surface area contributed by atoms with Crippen LogP contribution < -0.4 is 10.1 Å². The smallest absolute Gasteiger partial charge is 0.172 e. The van der Waals surface area contributed by atoms with Gasteiger partial charge in [-0.25, -0.2) is 4.98 Å². The Hall–Kier alpha value is -3.10. The first-order valence-corrected chi connectivity index (χ1v) is 13.0. The van der Waals surface area contributed by atoms with E-state index in [1.165, 1.54) is 24.0 Å². The van der Waals surface area contributed by atoms with Crippen molar-refractivity contribution in [3.8, 4) is 22.8 Å². The Kier molecular flexibility index (Phi) is 6.08. The Balaban J connectivity index is 1.19. The summed E-state index contributed by atoms with van der Waals surface area (Å²) >= 11 is 3.56. The zero-order valence-corrected chi connectivity index (χ0v) is 21.0. The first-order chi connectivity index (χ1) is 17.2. The summed E-state index contributed by atoms with van der Waals surface area (Å²) in [7, 11) is 0. The summed E-state index contributed by atoms with van der Waals surface area (Å²) in [6.07, 6.45) is 5.15. The second kappa shape index (κ2) is 9.51. The quantitative estimate of drug-likeness (QED) is 0.358. The number of hydrogen-bond acceptors (Lipinski definition) is 6. The summed E-state index contributed by atoms with van der Waals surface area (Å²) in [5.74, 6) is 2.71. The van der Waals surface area contributed by atoms with Gasteiger partial charge in [0, 0.05) is 43.2 Å². The van der Waals surface area contributed by atoms with Crippen molar-refractivity contribution in [3.63, 3.8) is 0 Å². The van der Waals surface area contributed by atoms with Gasteiger partial charge in [-0.05, 0) is 58.9 Å². The van der Waals surface area contributed by atoms with Gasteiger partial charge in [0.2, 0.25) is 0 Å². The van der Waals surface area contributed by atoms with Crippen molar-refractivity contribution < 1.29 is 9.84 Å². The molecule has 35 heavy (non-hydrogen) atoms. The molecular weight excluding hydrogens is 506 g/mol. The highest BCUT2D eigenvalue weighted by atomic mass is 79.9. The Morgan fingerprint density at radius 1 is 1.17 bits per heavy atom. The van der Waals surface area contributed by atoms with Gasteiger partial charge in [0.25, 0.3) is 0 Å². The Morgan fingerprint density at radius 2 is 2.09 bits per heavy atom. The molecule has 0 bridgehead atoms. The highest BCUT2D eigenvalue weighted by Gasteiger charge is 2.23. The fraction of sp³-hybridized carbons (Fsp3) is 0.333. The minimum Gasteiger partial charge on any atom is -0.507 e. The molecule has 4 aromatic rings. The minimum atomic E-state index is 0.213. The van der Waals surface area contributed by atoms with Gasteiger partial charge in [0.05, 0.1) is 23.0 Å². The van der Waals surface area contributed by atoms with Gasteiger partial charge in [0.15, 0.2) is 5.65 Å². The van der Waals surface area contributed by atoms with Crippen molar-refractivity contribution in [1.82, 2.24) is 19.5 Å². The van der Waals surface area contributed by atoms with E-state index in [1.807, 2.05) is 28.8 Å². The zero-order valence-electron chi connectivity index (χ0n) is 19.5. The minimum absolute atomic E-state index is 0.213. The van der Waals surface area contributed by atoms with Crippen LogP contribution in [0.4, 0.5) is 5.82 Å². The fourth-order valence-corrected chi connectivity index (χ4v) is 5.60. The maximum Gasteiger partial charge on any atom is 0.172 e. The third-order valence-electron chi connectivity index (χ3n) is 6.97. The molecule has 8 heteroatoms. The van der Waals surface area contributed by atoms with E-state index in [-0.39, 0.29) is 5.75 Å². The summed E-state index contributed by atoms with van der Waals surface area (Å²) in [5.41, 5.74) is 4.77. The molecule has 1 atom stereocenters. The van der Waals surface area contributed by atoms with Crippen LogP contribution in [0.1, 0.15) is 24.0 Å². The van der Waals surface area contributed by atoms with Gasteiger partial charge in [-0.15, -0.1) is 0 Å². The number of aromatic nitrogens is 3. The molecular formula is C27H28BrN5O2. The van der Waals surface area contributed by atoms with Crippen LogP contribution in [0.3, 0.4) is 0 Å². The number of phenolic OH excluding ortho intramolecular Hbond substituents is 1. The van der Waals surface area contributed by atoms with Crippen LogP contribution in [0.15, 0.2) is 59.2 Å². The molecule has 2 aromatic heterocycles. The van der Waals surface area contributed by atoms with E-state index in [9.17, 15) is 5.11 Å². The first kappa shape index (κ1) is 22.4. The predicted octanol–water partition coefficient (Wildman–Crippen LogP) is 5.12. The van der Waals surface area contributed by atoms with Crippen molar-refractivity contribution in [2.24, 2.45) is 5.92 Å². The number of phenols is 1. The topological polar surface area (TPSA) is 74.9 Å². The van der Waals surface area contributed by atoms with Crippen LogP contribution in [0.2, 0.25) is 0 Å². The van der Waals surface area contributed by atoms with Gasteiger partial charge < -0.3 is 15.2 Å². The third-order valence-corrected chi connectivity index (χ3v) is 7.53. The number of anilines is 1. The molecule has 2 aromatic carbocycles. The third kappa shape index (κ3) is 4.48. The van der Waals surface area contributed by atoms with Crippen molar-refractivity contribution in [2.75, 3.05) is 31.6 Å². The normalized spacial score (nSPS) is 17.9. The lowest BCUT2D eigenvalue weighted by Crippen LogP contribution is -2.37. The largest absolute Gasteiger partial charge is 0.507 e. The molecule has 1 unspecified atom stereocenters. The van der Waals surface area contributed by atoms with E-state index in [0.717, 1.165) is 60.9 Å². The van der Waals surface area contributed by atoms with Crippen LogP contribution in [0.5, 0.6) is 11.5 Å². The molecule has 0 aliphatic carbocycles. The number of halogens is 1. The summed E-state index contributed by atoms with van der Waals surface area (Å²) in [5, 5.41) is 18.5. The van der Waals surface area contributed by atoms with Gasteiger partial charge in [-0.1, -0.05) is 30.3 Å². The average molecular weight is 534 g/mol. The number of piperidine rings is 1. The number of ether oxygens (including phenoxy) is 1. The van der Waals surface area contributed by atoms with E-state index in [0.29, 0.717) is 17.2 Å². The first-order valence-electron chi connectivity index (χ1n) is 12.2. The molecule has 2 aliphatic rings. The van der Waals surface area contributed by atoms with Gasteiger partial charge >= 0.3 is 0 Å². The molecule has 0 radical (unpaired) electrons. The lowest BCUT2D eigenvalue weighted by atomic mass is 9.97. The summed E-state index contributed by atoms with van der Waals surface area (Å²) < 4.78 is 8.56. The Morgan fingerprint density at radius 3 is 3.00 bits per heavy atom. The highest BCUT2D eigenvalue weighted by molar-refractivity contribution is 9.10. The highest BCUT2D eigenvalue weighted by Crippen LogP contribution is 2.33. The van der Waals surface area contributed by atoms with E-state index < -0.39 is 0 Å². The second-order valence-corrected chi connectivity index (χ2v) is 10.3. The number of likely N-dealkylation sites (tertiary alicyclic amines) is 1. The fourth-order valence-electron chi connectivity index (χ4n) is 5.25. The molecule has 7 nitrogen and oxygen atoms in total. The number of hydrogen-bond donors (Lipinski definition) is 2. The monoisotopic (exact) mass is 533 g/mol. The summed E-state index contributed by atoms with van der Waals surface area (Å²) in [4.78, 5) is 7.29. The predicted molar refractivity (Wildman–Crippen MR) is 140 cm³/mol. The number of rotatable bonds is 6. The van der Waals surface area contributed by atoms with E-state index in [4.69, 9.17) is 9.72 Å². The van der Waals surface area contributed by atoms with Crippen molar-refractivity contribution >= 4 is 27.4 Å². The Labute approximate surface area is 212 Å². The van der Waals surface area contributed by atoms with Crippen LogP contribution in [0, 0.1) is 5.92 Å². The van der Waals surface area contributed by atoms with E-state index >= 15 is 0 Å². The van der Waals surface area contributed by atoms with Gasteiger partial charge in [-0.2, -0.15) is 9.61 Å². The van der Waals surface area contributed by atoms with Crippen LogP contribution >= 0.6 is 15.9 Å². The molecule has 0 amide bonds. The number of nitrogens with zero attached hydrogens (tertiary/aromatic N) is 4. The van der Waals surface area contributed by atoms with Gasteiger partial charge in [-0.3, -0.25) is 4.90 Å². The molecule has 0 saturated carbocycles. The molecule has 1 fully saturated rings. The van der Waals surface area contributed by atoms with Crippen molar-refractivity contribution in [3.05, 3.63) is 70.3 Å². The van der Waals surface area contributed by atoms with E-state index in [2.05, 4.69) is 49.4 Å². The van der Waals surface area contributed by atoms with Crippen molar-refractivity contribution in [1.29, 1.82) is 0 Å². The lowest BCUT2D eigenvalue weighted by molar-refractivity contribution is 0.171. The number of aromatic hydroxyl groups is 1. The molecule has 0 spiro atoms. The number of benzene rings is 2. The van der Waals surface area contributed by atoms with E-state index in [1.54, 1.807) is 12.3 Å². The number of para-hydroxylation sites is 2. The Bertz CT molecular complexity index is 1370. The maximum atomic E-state index is 10.4. The van der Waals surface area contributed by atoms with Crippen LogP contribution in [-0.2, 0) is 13.0 Å². The zero-order chi connectivity index (χ0) is 23.8. The standard InChI is InChI=1S/C27H28BrN5O2/c28-22-15-30-33-25(13-23(31-27(22)33)21-8-1-2-9-24(21)34)29-14-18-5-4-11-32(16-18)17-20-7-3-6-19-10-12-35-26(19)20/h1-3,6-9,13,15,18,29,34H,4-5,10-12,14,16-17H2. The molecule has 6 rings (SSSR count). The molecule has 1 saturated heterocycles. The average Bonchev–Trinajstić information content (AvgIpc) is 3.51. The van der Waals surface area contributed by atoms with Gasteiger partial charge in [0.1, 0.15) is 17.3 Å². The lowest BCUT2D eigenvalue weighted by Gasteiger charge is -2.33. The van der Waals surface area contributed by atoms with Crippen LogP contribution in [-0.4, -0.2) is 50.8 Å². The molecule has 180 valence electrons. The summed E-state index contributed by atoms with van der Waals surface area (Å²) in [6.45, 7) is 4.73. The van der Waals surface area contributed by atoms with Crippen molar-refractivity contribution in [2.45, 2.75) is 25.8 Å². The maximum absolute atomic E-state index is 10.4. The number of nitrogens with one attached hydrogen (secondary N) is 1. The molecule has 2 N–H and O–H groups in total. The SMILES string of the molecule is Oc1ccccc1-c1cc(NCC2CCCN(Cc3cccc4c3OCC4)C2)n2ncc(Br)c2n1. The molecule has 2 aliphatic heterocycles. The summed E-state index contributed by atoms with van der Waals surface area (Å²) in [6, 6.07) is 15.8. The molecule has 4 heterocycles. The van der Waals surface area contributed by atoms with Crippen LogP contribution in [0.25, 0.3) is 16.9 Å². The second-order valence-electron chi connectivity index (χ2n) is 9.40. The number of fused-ring (bicyclic) bond motifs is 2.